The van der Waals surface area contributed by atoms with Crippen LogP contribution in [-0.2, 0) is 29.0 Å². The SMILES string of the molecule is CCc1cncc(CNCC(O)C2Cc3cc(F)cc(c3)OCCCCC(=O)NCC(=O)N2)c1. The highest BCUT2D eigenvalue weighted by Gasteiger charge is 2.23. The maximum Gasteiger partial charge on any atom is 0.239 e. The topological polar surface area (TPSA) is 113 Å². The van der Waals surface area contributed by atoms with E-state index >= 15 is 0 Å². The molecule has 0 aliphatic carbocycles. The molecule has 0 fully saturated rings. The molecule has 1 aromatic heterocycles. The molecule has 2 atom stereocenters. The van der Waals surface area contributed by atoms with Crippen LogP contribution in [0, 0.1) is 5.82 Å². The second kappa shape index (κ2) is 13.0. The Morgan fingerprint density at radius 3 is 2.82 bits per heavy atom. The van der Waals surface area contributed by atoms with Gasteiger partial charge in [-0.2, -0.15) is 0 Å². The van der Waals surface area contributed by atoms with Gasteiger partial charge in [0.1, 0.15) is 11.6 Å². The monoisotopic (exact) mass is 472 g/mol. The summed E-state index contributed by atoms with van der Waals surface area (Å²) in [7, 11) is 0. The number of aliphatic hydroxyl groups is 1. The van der Waals surface area contributed by atoms with Crippen LogP contribution in [0.4, 0.5) is 4.39 Å². The zero-order chi connectivity index (χ0) is 24.3. The number of aromatic nitrogens is 1. The van der Waals surface area contributed by atoms with E-state index in [9.17, 15) is 19.1 Å². The van der Waals surface area contributed by atoms with Crippen molar-refractivity contribution in [1.29, 1.82) is 0 Å². The predicted molar refractivity (Wildman–Crippen MR) is 126 cm³/mol. The summed E-state index contributed by atoms with van der Waals surface area (Å²) in [5, 5.41) is 19.4. The van der Waals surface area contributed by atoms with Gasteiger partial charge >= 0.3 is 0 Å². The summed E-state index contributed by atoms with van der Waals surface area (Å²) in [6.45, 7) is 2.94. The molecule has 8 nitrogen and oxygen atoms in total. The van der Waals surface area contributed by atoms with E-state index < -0.39 is 23.9 Å². The van der Waals surface area contributed by atoms with Crippen molar-refractivity contribution in [2.75, 3.05) is 19.7 Å². The molecule has 34 heavy (non-hydrogen) atoms. The molecule has 2 bridgehead atoms. The van der Waals surface area contributed by atoms with Crippen molar-refractivity contribution in [2.45, 2.75) is 57.7 Å². The highest BCUT2D eigenvalue weighted by Crippen LogP contribution is 2.19. The molecule has 3 rings (SSSR count). The molecule has 184 valence electrons. The van der Waals surface area contributed by atoms with Crippen molar-refractivity contribution in [2.24, 2.45) is 0 Å². The highest BCUT2D eigenvalue weighted by molar-refractivity contribution is 5.84. The van der Waals surface area contributed by atoms with Gasteiger partial charge in [-0.1, -0.05) is 13.0 Å². The number of fused-ring (bicyclic) bond motifs is 2. The van der Waals surface area contributed by atoms with Gasteiger partial charge in [0.2, 0.25) is 11.8 Å². The summed E-state index contributed by atoms with van der Waals surface area (Å²) < 4.78 is 19.8. The molecule has 2 aromatic rings. The molecule has 0 saturated heterocycles. The van der Waals surface area contributed by atoms with Crippen molar-refractivity contribution in [3.8, 4) is 5.75 Å². The molecule has 1 aliphatic rings. The fourth-order valence-corrected chi connectivity index (χ4v) is 3.80. The van der Waals surface area contributed by atoms with Crippen LogP contribution in [0.5, 0.6) is 5.75 Å². The van der Waals surface area contributed by atoms with E-state index in [0.29, 0.717) is 37.3 Å². The number of carbonyl (C=O) groups is 2. The number of benzene rings is 1. The van der Waals surface area contributed by atoms with E-state index in [1.54, 1.807) is 12.3 Å². The molecular weight excluding hydrogens is 439 g/mol. The first-order valence-corrected chi connectivity index (χ1v) is 11.7. The number of hydrogen-bond acceptors (Lipinski definition) is 6. The average molecular weight is 473 g/mol. The largest absolute Gasteiger partial charge is 0.493 e. The Morgan fingerprint density at radius 2 is 2.00 bits per heavy atom. The Labute approximate surface area is 199 Å². The molecule has 2 heterocycles. The number of aliphatic hydroxyl groups excluding tert-OH is 1. The number of nitrogens with zero attached hydrogens (tertiary/aromatic N) is 1. The standard InChI is InChI=1S/C25H33FN4O4/c1-2-17-7-19(13-27-12-17)14-28-15-23(31)22-10-18-8-20(26)11-21(9-18)34-6-4-3-5-24(32)29-16-25(33)30-22/h7-9,11-13,22-23,28,31H,2-6,10,14-16H2,1H3,(H,29,32)(H,30,33). The predicted octanol–water partition coefficient (Wildman–Crippen LogP) is 1.64. The van der Waals surface area contributed by atoms with Crippen LogP contribution < -0.4 is 20.7 Å². The molecule has 2 amide bonds. The lowest BCUT2D eigenvalue weighted by molar-refractivity contribution is -0.126. The Balaban J connectivity index is 1.69. The molecule has 0 spiro atoms. The Hall–Kier alpha value is -3.04. The Bertz CT molecular complexity index is 972. The van der Waals surface area contributed by atoms with Crippen molar-refractivity contribution >= 4 is 11.8 Å². The molecule has 0 saturated carbocycles. The number of rotatable bonds is 6. The van der Waals surface area contributed by atoms with Crippen LogP contribution in [0.25, 0.3) is 0 Å². The summed E-state index contributed by atoms with van der Waals surface area (Å²) in [5.41, 5.74) is 2.71. The average Bonchev–Trinajstić information content (AvgIpc) is 2.81. The Kier molecular flexibility index (Phi) is 9.78. The molecule has 4 N–H and O–H groups in total. The third-order valence-corrected chi connectivity index (χ3v) is 5.65. The normalized spacial score (nSPS) is 18.6. The van der Waals surface area contributed by atoms with Crippen molar-refractivity contribution in [1.82, 2.24) is 20.9 Å². The summed E-state index contributed by atoms with van der Waals surface area (Å²) >= 11 is 0. The third kappa shape index (κ3) is 8.39. The van der Waals surface area contributed by atoms with Crippen LogP contribution in [0.15, 0.2) is 36.7 Å². The van der Waals surface area contributed by atoms with E-state index in [4.69, 9.17) is 4.74 Å². The maximum atomic E-state index is 14.2. The number of aryl methyl sites for hydroxylation is 1. The molecule has 1 aliphatic heterocycles. The van der Waals surface area contributed by atoms with Crippen LogP contribution in [0.1, 0.15) is 42.9 Å². The summed E-state index contributed by atoms with van der Waals surface area (Å²) in [6.07, 6.45) is 5.22. The van der Waals surface area contributed by atoms with Gasteiger partial charge in [-0.15, -0.1) is 0 Å². The quantitative estimate of drug-likeness (QED) is 0.509. The lowest BCUT2D eigenvalue weighted by Crippen LogP contribution is -2.51. The minimum atomic E-state index is -0.953. The maximum absolute atomic E-state index is 14.2. The van der Waals surface area contributed by atoms with Crippen molar-refractivity contribution in [3.63, 3.8) is 0 Å². The molecule has 9 heteroatoms. The van der Waals surface area contributed by atoms with Crippen LogP contribution >= 0.6 is 0 Å². The lowest BCUT2D eigenvalue weighted by atomic mass is 10.00. The van der Waals surface area contributed by atoms with E-state index in [-0.39, 0.29) is 31.8 Å². The zero-order valence-corrected chi connectivity index (χ0v) is 19.5. The van der Waals surface area contributed by atoms with Crippen molar-refractivity contribution < 1.29 is 23.8 Å². The molecule has 2 unspecified atom stereocenters. The number of amides is 2. The van der Waals surface area contributed by atoms with Gasteiger partial charge in [0.05, 0.1) is 25.3 Å². The highest BCUT2D eigenvalue weighted by atomic mass is 19.1. The van der Waals surface area contributed by atoms with Gasteiger partial charge in [-0.25, -0.2) is 4.39 Å². The van der Waals surface area contributed by atoms with Crippen LogP contribution in [0.3, 0.4) is 0 Å². The van der Waals surface area contributed by atoms with Gasteiger partial charge in [-0.3, -0.25) is 14.6 Å². The number of ether oxygens (including phenoxy) is 1. The number of nitrogens with one attached hydrogen (secondary N) is 3. The van der Waals surface area contributed by atoms with E-state index in [2.05, 4.69) is 33.9 Å². The number of hydrogen-bond donors (Lipinski definition) is 4. The lowest BCUT2D eigenvalue weighted by Gasteiger charge is -2.25. The summed E-state index contributed by atoms with van der Waals surface area (Å²) in [4.78, 5) is 28.6. The first-order valence-electron chi connectivity index (χ1n) is 11.7. The minimum Gasteiger partial charge on any atom is -0.493 e. The Morgan fingerprint density at radius 1 is 1.18 bits per heavy atom. The van der Waals surface area contributed by atoms with Crippen LogP contribution in [0.2, 0.25) is 0 Å². The molecule has 1 aromatic carbocycles. The smallest absolute Gasteiger partial charge is 0.239 e. The fourth-order valence-electron chi connectivity index (χ4n) is 3.80. The van der Waals surface area contributed by atoms with E-state index in [1.807, 2.05) is 6.20 Å². The van der Waals surface area contributed by atoms with Gasteiger partial charge in [0, 0.05) is 38.0 Å². The first kappa shape index (κ1) is 25.6. The van der Waals surface area contributed by atoms with Gasteiger partial charge in [0.25, 0.3) is 0 Å². The van der Waals surface area contributed by atoms with E-state index in [0.717, 1.165) is 17.5 Å². The second-order valence-electron chi connectivity index (χ2n) is 8.51. The van der Waals surface area contributed by atoms with Gasteiger partial charge < -0.3 is 25.8 Å². The fraction of sp³-hybridized carbons (Fsp3) is 0.480. The number of pyridine rings is 1. The number of halogens is 1. The second-order valence-corrected chi connectivity index (χ2v) is 8.51. The minimum absolute atomic E-state index is 0.185. The van der Waals surface area contributed by atoms with E-state index in [1.165, 1.54) is 12.1 Å². The van der Waals surface area contributed by atoms with Gasteiger partial charge in [0.15, 0.2) is 0 Å². The number of carbonyl (C=O) groups excluding carboxylic acids is 2. The van der Waals surface area contributed by atoms with Gasteiger partial charge in [-0.05, 0) is 54.5 Å². The van der Waals surface area contributed by atoms with Crippen molar-refractivity contribution in [3.05, 3.63) is 59.2 Å². The van der Waals surface area contributed by atoms with Crippen LogP contribution in [-0.4, -0.2) is 53.7 Å². The molecule has 0 radical (unpaired) electrons. The third-order valence-electron chi connectivity index (χ3n) is 5.65. The zero-order valence-electron chi connectivity index (χ0n) is 19.5. The summed E-state index contributed by atoms with van der Waals surface area (Å²) in [5.74, 6) is -0.705. The first-order chi connectivity index (χ1) is 16.4. The summed E-state index contributed by atoms with van der Waals surface area (Å²) in [6, 6.07) is 5.74. The molecular formula is C25H33FN4O4.